The van der Waals surface area contributed by atoms with Gasteiger partial charge in [0.15, 0.2) is 5.13 Å². The standard InChI is InChI=1S/C17H10ClF3N2OS.C9H21N2/c18-13-5-1-3-11(7-13)15-9-25-16(22-15)23(10-24)14-6-2-4-12(8-14)17(19,20)21;1-10-6-9-11(2)7-4-3-5-8-11/h1-10H;10H,3-9H2,1-2H3/q;+1. The zero-order valence-corrected chi connectivity index (χ0v) is 22.0. The Labute approximate surface area is 219 Å². The topological polar surface area (TPSA) is 45.2 Å². The van der Waals surface area contributed by atoms with Crippen LogP contribution in [-0.4, -0.2) is 56.2 Å². The molecule has 2 heterocycles. The van der Waals surface area contributed by atoms with Crippen LogP contribution in [0.4, 0.5) is 24.0 Å². The number of thiazole rings is 1. The summed E-state index contributed by atoms with van der Waals surface area (Å²) >= 11 is 7.10. The first-order valence-electron chi connectivity index (χ1n) is 11.8. The fraction of sp³-hybridized carbons (Fsp3) is 0.385. The van der Waals surface area contributed by atoms with E-state index in [1.54, 1.807) is 29.6 Å². The number of alkyl halides is 3. The minimum atomic E-state index is -4.49. The fourth-order valence-electron chi connectivity index (χ4n) is 4.08. The van der Waals surface area contributed by atoms with E-state index >= 15 is 0 Å². The normalized spacial score (nSPS) is 15.1. The second-order valence-electron chi connectivity index (χ2n) is 9.00. The number of amides is 1. The molecule has 1 aliphatic rings. The maximum absolute atomic E-state index is 12.9. The number of carbonyl (C=O) groups excluding carboxylic acids is 1. The molecule has 0 aliphatic carbocycles. The number of nitrogens with one attached hydrogen (secondary N) is 1. The highest BCUT2D eigenvalue weighted by Gasteiger charge is 2.31. The van der Waals surface area contributed by atoms with Gasteiger partial charge in [-0.25, -0.2) is 4.98 Å². The highest BCUT2D eigenvalue weighted by molar-refractivity contribution is 7.14. The van der Waals surface area contributed by atoms with Crippen LogP contribution in [0, 0.1) is 0 Å². The molecule has 0 atom stereocenters. The van der Waals surface area contributed by atoms with E-state index in [4.69, 9.17) is 11.6 Å². The number of halogens is 4. The summed E-state index contributed by atoms with van der Waals surface area (Å²) in [6.45, 7) is 5.25. The van der Waals surface area contributed by atoms with Crippen LogP contribution in [0.15, 0.2) is 53.9 Å². The van der Waals surface area contributed by atoms with Crippen molar-refractivity contribution in [1.82, 2.24) is 10.3 Å². The molecular formula is C26H31ClF3N4OS+. The number of piperidine rings is 1. The zero-order chi connectivity index (χ0) is 26.2. The van der Waals surface area contributed by atoms with E-state index in [0.29, 0.717) is 17.1 Å². The Bertz CT molecular complexity index is 1130. The van der Waals surface area contributed by atoms with Crippen LogP contribution in [0.3, 0.4) is 0 Å². The second-order valence-corrected chi connectivity index (χ2v) is 10.3. The lowest BCUT2D eigenvalue weighted by atomic mass is 10.1. The zero-order valence-electron chi connectivity index (χ0n) is 20.4. The minimum Gasteiger partial charge on any atom is -0.325 e. The van der Waals surface area contributed by atoms with Gasteiger partial charge in [-0.05, 0) is 56.6 Å². The van der Waals surface area contributed by atoms with Gasteiger partial charge >= 0.3 is 6.18 Å². The summed E-state index contributed by atoms with van der Waals surface area (Å²) in [5.41, 5.74) is 0.603. The van der Waals surface area contributed by atoms with E-state index in [1.165, 1.54) is 55.5 Å². The number of carbonyl (C=O) groups is 1. The van der Waals surface area contributed by atoms with Gasteiger partial charge in [0.25, 0.3) is 0 Å². The van der Waals surface area contributed by atoms with Crippen LogP contribution in [0.1, 0.15) is 24.8 Å². The molecule has 1 amide bonds. The molecule has 194 valence electrons. The largest absolute Gasteiger partial charge is 0.416 e. The highest BCUT2D eigenvalue weighted by Crippen LogP contribution is 2.35. The van der Waals surface area contributed by atoms with E-state index in [1.807, 2.05) is 7.05 Å². The molecule has 1 saturated heterocycles. The predicted molar refractivity (Wildman–Crippen MR) is 141 cm³/mol. The molecule has 0 unspecified atom stereocenters. The van der Waals surface area contributed by atoms with E-state index in [-0.39, 0.29) is 10.8 Å². The van der Waals surface area contributed by atoms with Gasteiger partial charge in [-0.3, -0.25) is 9.69 Å². The lowest BCUT2D eigenvalue weighted by Gasteiger charge is -2.37. The summed E-state index contributed by atoms with van der Waals surface area (Å²) in [7, 11) is 4.42. The molecule has 0 radical (unpaired) electrons. The number of aromatic nitrogens is 1. The number of likely N-dealkylation sites (tertiary alicyclic amines) is 1. The second kappa shape index (κ2) is 12.7. The van der Waals surface area contributed by atoms with Crippen molar-refractivity contribution in [2.45, 2.75) is 25.4 Å². The van der Waals surface area contributed by atoms with Crippen LogP contribution in [-0.2, 0) is 11.0 Å². The number of quaternary nitrogens is 1. The number of nitrogens with zero attached hydrogens (tertiary/aromatic N) is 3. The number of hydrogen-bond acceptors (Lipinski definition) is 4. The molecule has 36 heavy (non-hydrogen) atoms. The Morgan fingerprint density at radius 3 is 2.50 bits per heavy atom. The molecule has 4 rings (SSSR count). The maximum Gasteiger partial charge on any atom is 0.416 e. The molecule has 1 fully saturated rings. The molecule has 1 aromatic heterocycles. The van der Waals surface area contributed by atoms with Gasteiger partial charge < -0.3 is 9.80 Å². The third kappa shape index (κ3) is 7.77. The van der Waals surface area contributed by atoms with Gasteiger partial charge in [-0.2, -0.15) is 13.2 Å². The smallest absolute Gasteiger partial charge is 0.325 e. The van der Waals surface area contributed by atoms with E-state index < -0.39 is 11.7 Å². The van der Waals surface area contributed by atoms with E-state index in [9.17, 15) is 18.0 Å². The van der Waals surface area contributed by atoms with Gasteiger partial charge in [-0.15, -0.1) is 11.3 Å². The van der Waals surface area contributed by atoms with Crippen LogP contribution in [0.25, 0.3) is 11.3 Å². The Kier molecular flexibility index (Phi) is 9.90. The molecule has 2 aromatic carbocycles. The van der Waals surface area contributed by atoms with Crippen molar-refractivity contribution in [2.24, 2.45) is 0 Å². The van der Waals surface area contributed by atoms with Crippen molar-refractivity contribution in [2.75, 3.05) is 45.2 Å². The third-order valence-corrected chi connectivity index (χ3v) is 7.25. The monoisotopic (exact) mass is 539 g/mol. The van der Waals surface area contributed by atoms with E-state index in [2.05, 4.69) is 17.3 Å². The Balaban J connectivity index is 0.000000275. The lowest BCUT2D eigenvalue weighted by molar-refractivity contribution is -0.912. The average molecular weight is 540 g/mol. The van der Waals surface area contributed by atoms with Gasteiger partial charge in [0.05, 0.1) is 43.6 Å². The Morgan fingerprint density at radius 1 is 1.14 bits per heavy atom. The first-order valence-corrected chi connectivity index (χ1v) is 13.0. The maximum atomic E-state index is 12.9. The molecular weight excluding hydrogens is 509 g/mol. The van der Waals surface area contributed by atoms with Crippen molar-refractivity contribution in [1.29, 1.82) is 0 Å². The minimum absolute atomic E-state index is 0.0943. The summed E-state index contributed by atoms with van der Waals surface area (Å²) in [4.78, 5) is 16.9. The number of likely N-dealkylation sites (N-methyl/N-ethyl adjacent to an activating group) is 2. The van der Waals surface area contributed by atoms with Gasteiger partial charge in [-0.1, -0.05) is 29.8 Å². The number of anilines is 2. The molecule has 5 nitrogen and oxygen atoms in total. The number of benzene rings is 2. The van der Waals surface area contributed by atoms with Gasteiger partial charge in [0.2, 0.25) is 6.41 Å². The van der Waals surface area contributed by atoms with Crippen LogP contribution >= 0.6 is 22.9 Å². The van der Waals surface area contributed by atoms with Gasteiger partial charge in [0, 0.05) is 22.5 Å². The predicted octanol–water partition coefficient (Wildman–Crippen LogP) is 6.61. The molecule has 10 heteroatoms. The van der Waals surface area contributed by atoms with Crippen molar-refractivity contribution in [3.05, 3.63) is 64.5 Å². The van der Waals surface area contributed by atoms with Crippen molar-refractivity contribution in [3.63, 3.8) is 0 Å². The molecule has 0 spiro atoms. The molecule has 0 saturated carbocycles. The molecule has 0 bridgehead atoms. The molecule has 1 N–H and O–H groups in total. The Morgan fingerprint density at radius 2 is 1.86 bits per heavy atom. The van der Waals surface area contributed by atoms with Crippen molar-refractivity contribution < 1.29 is 22.4 Å². The van der Waals surface area contributed by atoms with Crippen LogP contribution < -0.4 is 10.2 Å². The summed E-state index contributed by atoms with van der Waals surface area (Å²) in [5, 5.41) is 5.74. The van der Waals surface area contributed by atoms with Gasteiger partial charge in [0.1, 0.15) is 0 Å². The summed E-state index contributed by atoms with van der Waals surface area (Å²) < 4.78 is 39.9. The number of hydrogen-bond donors (Lipinski definition) is 1. The summed E-state index contributed by atoms with van der Waals surface area (Å²) in [5.74, 6) is 0. The SMILES string of the molecule is CNCC[N+]1(C)CCCCC1.O=CN(c1cccc(C(F)(F)F)c1)c1nc(-c2cccc(Cl)c2)cs1. The number of rotatable bonds is 7. The molecule has 1 aliphatic heterocycles. The van der Waals surface area contributed by atoms with Crippen molar-refractivity contribution >= 4 is 40.2 Å². The fourth-order valence-corrected chi connectivity index (χ4v) is 5.09. The van der Waals surface area contributed by atoms with E-state index in [0.717, 1.165) is 40.5 Å². The van der Waals surface area contributed by atoms with Crippen LogP contribution in [0.5, 0.6) is 0 Å². The molecule has 3 aromatic rings. The lowest BCUT2D eigenvalue weighted by Crippen LogP contribution is -2.50. The highest BCUT2D eigenvalue weighted by atomic mass is 35.5. The summed E-state index contributed by atoms with van der Waals surface area (Å²) in [6.07, 6.45) is 0.267. The first kappa shape index (κ1) is 28.1. The third-order valence-electron chi connectivity index (χ3n) is 6.17. The first-order chi connectivity index (χ1) is 17.1. The quantitative estimate of drug-likeness (QED) is 0.271. The van der Waals surface area contributed by atoms with Crippen molar-refractivity contribution in [3.8, 4) is 11.3 Å². The van der Waals surface area contributed by atoms with Crippen LogP contribution in [0.2, 0.25) is 5.02 Å². The Hall–Kier alpha value is -2.46. The summed E-state index contributed by atoms with van der Waals surface area (Å²) in [6, 6.07) is 11.5. The average Bonchev–Trinajstić information content (AvgIpc) is 3.34.